The summed E-state index contributed by atoms with van der Waals surface area (Å²) in [6.45, 7) is -1.34. The maximum absolute atomic E-state index is 10.00. The molecule has 11 heteroatoms. The summed E-state index contributed by atoms with van der Waals surface area (Å²) in [5.41, 5.74) is 0. The van der Waals surface area contributed by atoms with Crippen LogP contribution in [0.5, 0.6) is 0 Å². The lowest BCUT2D eigenvalue weighted by Crippen LogP contribution is -2.64. The summed E-state index contributed by atoms with van der Waals surface area (Å²) in [5.74, 6) is 0. The molecule has 0 aliphatic carbocycles. The van der Waals surface area contributed by atoms with Crippen molar-refractivity contribution in [3.8, 4) is 0 Å². The monoisotopic (exact) mass is 342 g/mol. The predicted octanol–water partition coefficient (Wildman–Crippen LogP) is -5.40. The molecule has 0 bridgehead atoms. The van der Waals surface area contributed by atoms with Crippen molar-refractivity contribution in [2.45, 2.75) is 61.4 Å². The third-order valence-corrected chi connectivity index (χ3v) is 3.98. The van der Waals surface area contributed by atoms with Gasteiger partial charge in [-0.15, -0.1) is 0 Å². The Bertz CT molecular complexity index is 380. The third-order valence-electron chi connectivity index (χ3n) is 3.98. The number of hydrogen-bond donors (Lipinski definition) is 8. The molecular weight excluding hydrogens is 320 g/mol. The molecule has 2 rings (SSSR count). The van der Waals surface area contributed by atoms with Gasteiger partial charge in [-0.05, 0) is 0 Å². The quantitative estimate of drug-likeness (QED) is 0.243. The Labute approximate surface area is 130 Å². The van der Waals surface area contributed by atoms with Crippen LogP contribution in [0.4, 0.5) is 0 Å². The van der Waals surface area contributed by atoms with Gasteiger partial charge in [-0.25, -0.2) is 0 Å². The Hall–Kier alpha value is -0.440. The van der Waals surface area contributed by atoms with Gasteiger partial charge in [-0.2, -0.15) is 0 Å². The maximum atomic E-state index is 10.00. The highest BCUT2D eigenvalue weighted by Gasteiger charge is 2.50. The van der Waals surface area contributed by atoms with Crippen molar-refractivity contribution < 1.29 is 55.1 Å². The average molecular weight is 342 g/mol. The molecule has 2 heterocycles. The Morgan fingerprint density at radius 1 is 0.652 bits per heavy atom. The second-order valence-electron chi connectivity index (χ2n) is 5.53. The molecule has 8 N–H and O–H groups in total. The summed E-state index contributed by atoms with van der Waals surface area (Å²) in [4.78, 5) is 0. The van der Waals surface area contributed by atoms with E-state index in [0.29, 0.717) is 0 Å². The van der Waals surface area contributed by atoms with Crippen LogP contribution >= 0.6 is 0 Å². The molecule has 0 aromatic rings. The molecule has 0 aromatic heterocycles. The number of ether oxygens (including phenoxy) is 3. The number of aliphatic hydroxyl groups is 8. The molecule has 0 saturated carbocycles. The highest BCUT2D eigenvalue weighted by atomic mass is 16.7. The van der Waals surface area contributed by atoms with Gasteiger partial charge in [-0.1, -0.05) is 0 Å². The van der Waals surface area contributed by atoms with E-state index in [1.54, 1.807) is 0 Å². The largest absolute Gasteiger partial charge is 0.394 e. The standard InChI is InChI=1S/C12H22O11/c13-1-3-5(15)7(17)8(18)12(22-3)23-10-6(16)4(2-14)21-11(20)9(10)19/h3-20H,1-2H2/t3-,4-,5-,6-,7+,8-,9-,10+,11-,12+/m1/s1. The summed E-state index contributed by atoms with van der Waals surface area (Å²) < 4.78 is 15.1. The number of aliphatic hydroxyl groups excluding tert-OH is 8. The molecule has 23 heavy (non-hydrogen) atoms. The fraction of sp³-hybridized carbons (Fsp3) is 1.00. The van der Waals surface area contributed by atoms with Crippen LogP contribution in [-0.4, -0.2) is 115 Å². The van der Waals surface area contributed by atoms with Crippen LogP contribution in [0.25, 0.3) is 0 Å². The Morgan fingerprint density at radius 3 is 1.78 bits per heavy atom. The number of rotatable bonds is 4. The lowest BCUT2D eigenvalue weighted by Gasteiger charge is -2.45. The molecule has 11 nitrogen and oxygen atoms in total. The smallest absolute Gasteiger partial charge is 0.187 e. The topological polar surface area (TPSA) is 190 Å². The summed E-state index contributed by atoms with van der Waals surface area (Å²) in [6.07, 6.45) is -15.7. The van der Waals surface area contributed by atoms with Crippen LogP contribution in [0.3, 0.4) is 0 Å². The third kappa shape index (κ3) is 3.65. The molecule has 0 amide bonds. The lowest BCUT2D eigenvalue weighted by molar-refractivity contribution is -0.355. The van der Waals surface area contributed by atoms with E-state index >= 15 is 0 Å². The molecule has 2 aliphatic rings. The van der Waals surface area contributed by atoms with Gasteiger partial charge in [0, 0.05) is 0 Å². The normalized spacial score (nSPS) is 51.7. The van der Waals surface area contributed by atoms with E-state index in [9.17, 15) is 30.6 Å². The van der Waals surface area contributed by atoms with Crippen LogP contribution in [0.2, 0.25) is 0 Å². The first-order valence-electron chi connectivity index (χ1n) is 7.08. The van der Waals surface area contributed by atoms with Gasteiger partial charge in [0.1, 0.15) is 48.8 Å². The van der Waals surface area contributed by atoms with Gasteiger partial charge in [-0.3, -0.25) is 0 Å². The van der Waals surface area contributed by atoms with Gasteiger partial charge in [0.05, 0.1) is 13.2 Å². The molecule has 2 saturated heterocycles. The van der Waals surface area contributed by atoms with Crippen LogP contribution in [0.1, 0.15) is 0 Å². The van der Waals surface area contributed by atoms with Crippen molar-refractivity contribution in [3.63, 3.8) is 0 Å². The van der Waals surface area contributed by atoms with E-state index in [1.807, 2.05) is 0 Å². The van der Waals surface area contributed by atoms with Crippen molar-refractivity contribution >= 4 is 0 Å². The molecule has 0 radical (unpaired) electrons. The maximum Gasteiger partial charge on any atom is 0.187 e. The minimum atomic E-state index is -1.76. The number of hydrogen-bond acceptors (Lipinski definition) is 11. The molecule has 2 aliphatic heterocycles. The van der Waals surface area contributed by atoms with E-state index in [4.69, 9.17) is 24.4 Å². The average Bonchev–Trinajstić information content (AvgIpc) is 2.54. The molecular formula is C12H22O11. The summed E-state index contributed by atoms with van der Waals surface area (Å²) in [5, 5.41) is 76.8. The van der Waals surface area contributed by atoms with Crippen molar-refractivity contribution in [2.24, 2.45) is 0 Å². The minimum Gasteiger partial charge on any atom is -0.394 e. The van der Waals surface area contributed by atoms with Crippen molar-refractivity contribution in [3.05, 3.63) is 0 Å². The molecule has 0 aromatic carbocycles. The molecule has 0 spiro atoms. The Morgan fingerprint density at radius 2 is 1.22 bits per heavy atom. The summed E-state index contributed by atoms with van der Waals surface area (Å²) >= 11 is 0. The van der Waals surface area contributed by atoms with Crippen molar-refractivity contribution in [2.75, 3.05) is 13.2 Å². The summed E-state index contributed by atoms with van der Waals surface area (Å²) in [6, 6.07) is 0. The van der Waals surface area contributed by atoms with Gasteiger partial charge >= 0.3 is 0 Å². The zero-order valence-corrected chi connectivity index (χ0v) is 12.0. The van der Waals surface area contributed by atoms with Crippen LogP contribution in [0, 0.1) is 0 Å². The SMILES string of the molecule is OC[C@H]1O[C@@H](O[C@@H]2[C@@H](O)[C@H](O)O[C@H](CO)[C@H]2O)[C@H](O)[C@@H](O)[C@@H]1O. The Kier molecular flexibility index (Phi) is 6.27. The van der Waals surface area contributed by atoms with Crippen LogP contribution < -0.4 is 0 Å². The first-order valence-corrected chi connectivity index (χ1v) is 7.08. The second kappa shape index (κ2) is 7.63. The van der Waals surface area contributed by atoms with Crippen LogP contribution in [0.15, 0.2) is 0 Å². The first kappa shape index (κ1) is 18.9. The van der Waals surface area contributed by atoms with Crippen LogP contribution in [-0.2, 0) is 14.2 Å². The van der Waals surface area contributed by atoms with E-state index < -0.39 is 74.6 Å². The van der Waals surface area contributed by atoms with E-state index in [1.165, 1.54) is 0 Å². The lowest BCUT2D eigenvalue weighted by atomic mass is 9.97. The fourth-order valence-corrected chi connectivity index (χ4v) is 2.56. The van der Waals surface area contributed by atoms with Gasteiger partial charge < -0.3 is 55.1 Å². The van der Waals surface area contributed by atoms with Crippen molar-refractivity contribution in [1.29, 1.82) is 0 Å². The van der Waals surface area contributed by atoms with Gasteiger partial charge in [0.25, 0.3) is 0 Å². The zero-order chi connectivity index (χ0) is 17.3. The zero-order valence-electron chi connectivity index (χ0n) is 12.0. The minimum absolute atomic E-state index is 0.667. The molecule has 2 fully saturated rings. The van der Waals surface area contributed by atoms with E-state index in [2.05, 4.69) is 0 Å². The molecule has 0 unspecified atom stereocenters. The summed E-state index contributed by atoms with van der Waals surface area (Å²) in [7, 11) is 0. The van der Waals surface area contributed by atoms with E-state index in [0.717, 1.165) is 0 Å². The van der Waals surface area contributed by atoms with E-state index in [-0.39, 0.29) is 0 Å². The van der Waals surface area contributed by atoms with Crippen molar-refractivity contribution in [1.82, 2.24) is 0 Å². The highest BCUT2D eigenvalue weighted by molar-refractivity contribution is 4.93. The van der Waals surface area contributed by atoms with Gasteiger partial charge in [0.2, 0.25) is 0 Å². The first-order chi connectivity index (χ1) is 10.8. The molecule has 10 atom stereocenters. The second-order valence-corrected chi connectivity index (χ2v) is 5.53. The highest BCUT2D eigenvalue weighted by Crippen LogP contribution is 2.28. The fourth-order valence-electron chi connectivity index (χ4n) is 2.56. The molecule has 136 valence electrons. The van der Waals surface area contributed by atoms with Gasteiger partial charge in [0.15, 0.2) is 12.6 Å². The predicted molar refractivity (Wildman–Crippen MR) is 68.6 cm³/mol. The Balaban J connectivity index is 2.11.